The summed E-state index contributed by atoms with van der Waals surface area (Å²) in [5, 5.41) is 15.7. The van der Waals surface area contributed by atoms with Crippen LogP contribution in [-0.2, 0) is 4.79 Å². The number of carbonyl (C=O) groups excluding carboxylic acids is 1. The number of nitrogen functional groups attached to an aromatic ring is 1. The second-order valence-electron chi connectivity index (χ2n) is 15.2. The zero-order chi connectivity index (χ0) is 36.5. The summed E-state index contributed by atoms with van der Waals surface area (Å²) in [4.78, 5) is 29.6. The Balaban J connectivity index is 1.18. The zero-order valence-corrected chi connectivity index (χ0v) is 30.6. The van der Waals surface area contributed by atoms with Crippen LogP contribution < -0.4 is 10.5 Å². The summed E-state index contributed by atoms with van der Waals surface area (Å²) in [5.41, 5.74) is 6.19. The van der Waals surface area contributed by atoms with E-state index in [1.54, 1.807) is 40.8 Å². The molecule has 1 amide bonds. The van der Waals surface area contributed by atoms with Crippen molar-refractivity contribution in [3.63, 3.8) is 0 Å². The molecule has 11 nitrogen and oxygen atoms in total. The standard InChI is InChI=1S/C39H50FN9O2/c1-26-21-48(22-27(2)46(26)6)38(3,4)17-11-18-39(5,24-41)37(50)47-19-10-12-28(23-47)49-36-33(35(42)43-25-44-36)34(45-49)31-16-15-30(20-32(31)40)51-29-13-8-7-9-14-29/h7-9,13-16,20,25-28H,10-12,17-19,21-23H2,1-6H3,(H2,42,43,44)/t26-,27+,28-,39?/m1/s1. The van der Waals surface area contributed by atoms with Gasteiger partial charge < -0.3 is 15.4 Å². The maximum Gasteiger partial charge on any atom is 0.242 e. The van der Waals surface area contributed by atoms with Gasteiger partial charge in [-0.05, 0) is 98.0 Å². The monoisotopic (exact) mass is 695 g/mol. The van der Waals surface area contributed by atoms with Crippen LogP contribution in [0.5, 0.6) is 11.5 Å². The van der Waals surface area contributed by atoms with Crippen molar-refractivity contribution < 1.29 is 13.9 Å². The maximum absolute atomic E-state index is 15.7. The number of nitrogens with zero attached hydrogens (tertiary/aromatic N) is 8. The van der Waals surface area contributed by atoms with Crippen molar-refractivity contribution in [2.24, 2.45) is 5.41 Å². The summed E-state index contributed by atoms with van der Waals surface area (Å²) in [5.74, 6) is 0.446. The first-order chi connectivity index (χ1) is 24.3. The van der Waals surface area contributed by atoms with Crippen LogP contribution >= 0.6 is 0 Å². The van der Waals surface area contributed by atoms with E-state index in [9.17, 15) is 10.1 Å². The number of halogens is 1. The lowest BCUT2D eigenvalue weighted by atomic mass is 9.81. The molecule has 4 aromatic rings. The molecule has 2 N–H and O–H groups in total. The van der Waals surface area contributed by atoms with Gasteiger partial charge in [0.25, 0.3) is 0 Å². The number of nitriles is 1. The highest BCUT2D eigenvalue weighted by molar-refractivity contribution is 5.98. The number of aromatic nitrogens is 4. The fourth-order valence-corrected chi connectivity index (χ4v) is 7.64. The van der Waals surface area contributed by atoms with Gasteiger partial charge >= 0.3 is 0 Å². The minimum absolute atomic E-state index is 0.0450. The number of piperidine rings is 1. The second-order valence-corrected chi connectivity index (χ2v) is 15.2. The quantitative estimate of drug-likeness (QED) is 0.193. The van der Waals surface area contributed by atoms with Gasteiger partial charge in [0.2, 0.25) is 5.91 Å². The molecule has 0 aliphatic carbocycles. The van der Waals surface area contributed by atoms with Crippen molar-refractivity contribution in [2.75, 3.05) is 39.0 Å². The topological polar surface area (TPSA) is 129 Å². The number of likely N-dealkylation sites (N-methyl/N-ethyl adjacent to an activating group) is 1. The highest BCUT2D eigenvalue weighted by Gasteiger charge is 2.41. The lowest BCUT2D eigenvalue weighted by Crippen LogP contribution is -2.60. The van der Waals surface area contributed by atoms with E-state index >= 15 is 4.39 Å². The number of amides is 1. The molecule has 0 bridgehead atoms. The van der Waals surface area contributed by atoms with Crippen molar-refractivity contribution in [3.05, 3.63) is 60.7 Å². The number of hydrogen-bond acceptors (Lipinski definition) is 9. The van der Waals surface area contributed by atoms with E-state index < -0.39 is 11.2 Å². The van der Waals surface area contributed by atoms with Crippen LogP contribution in [-0.4, -0.2) is 91.2 Å². The first-order valence-electron chi connectivity index (χ1n) is 18.0. The molecule has 2 fully saturated rings. The summed E-state index contributed by atoms with van der Waals surface area (Å²) in [6, 6.07) is 16.9. The van der Waals surface area contributed by atoms with Gasteiger partial charge in [0, 0.05) is 55.4 Å². The fraction of sp³-hybridized carbons (Fsp3) is 0.513. The van der Waals surface area contributed by atoms with Crippen molar-refractivity contribution in [2.45, 2.75) is 90.4 Å². The number of piperazine rings is 1. The Labute approximate surface area is 300 Å². The van der Waals surface area contributed by atoms with Crippen LogP contribution in [0.3, 0.4) is 0 Å². The van der Waals surface area contributed by atoms with Crippen LogP contribution in [0.2, 0.25) is 0 Å². The van der Waals surface area contributed by atoms with Gasteiger partial charge in [-0.1, -0.05) is 18.2 Å². The average molecular weight is 696 g/mol. The molecule has 2 aromatic carbocycles. The molecular formula is C39H50FN9O2. The molecule has 2 aliphatic heterocycles. The Kier molecular flexibility index (Phi) is 10.3. The van der Waals surface area contributed by atoms with Crippen LogP contribution in [0.4, 0.5) is 10.2 Å². The van der Waals surface area contributed by atoms with E-state index in [-0.39, 0.29) is 28.9 Å². The van der Waals surface area contributed by atoms with Gasteiger partial charge in [-0.25, -0.2) is 19.0 Å². The predicted molar refractivity (Wildman–Crippen MR) is 196 cm³/mol. The normalized spacial score (nSPS) is 21.7. The van der Waals surface area contributed by atoms with Gasteiger partial charge in [-0.15, -0.1) is 0 Å². The summed E-state index contributed by atoms with van der Waals surface area (Å²) in [6.07, 6.45) is 4.96. The molecular weight excluding hydrogens is 645 g/mol. The van der Waals surface area contributed by atoms with Crippen molar-refractivity contribution in [1.29, 1.82) is 5.26 Å². The van der Waals surface area contributed by atoms with Crippen LogP contribution in [0.15, 0.2) is 54.9 Å². The number of likely N-dealkylation sites (tertiary alicyclic amines) is 1. The molecule has 1 unspecified atom stereocenters. The number of ether oxygens (including phenoxy) is 1. The smallest absolute Gasteiger partial charge is 0.242 e. The molecule has 2 aliphatic rings. The molecule has 2 aromatic heterocycles. The van der Waals surface area contributed by atoms with Crippen molar-refractivity contribution in [3.8, 4) is 28.8 Å². The Bertz CT molecular complexity index is 1900. The molecule has 4 atom stereocenters. The molecule has 2 saturated heterocycles. The fourth-order valence-electron chi connectivity index (χ4n) is 7.64. The SMILES string of the molecule is C[C@@H]1CN(C(C)(C)CCCC(C)(C#N)C(=O)N2CCC[C@@H](n3nc(-c4ccc(Oc5ccccc5)cc4F)c4c(N)ncnc43)C2)C[C@H](C)N1C. The van der Waals surface area contributed by atoms with Crippen molar-refractivity contribution >= 4 is 22.8 Å². The summed E-state index contributed by atoms with van der Waals surface area (Å²) >= 11 is 0. The second kappa shape index (κ2) is 14.6. The summed E-state index contributed by atoms with van der Waals surface area (Å²) in [6.45, 7) is 13.8. The number of fused-ring (bicyclic) bond motifs is 1. The third-order valence-electron chi connectivity index (χ3n) is 11.1. The average Bonchev–Trinajstić information content (AvgIpc) is 3.51. The van der Waals surface area contributed by atoms with E-state index in [2.05, 4.69) is 60.6 Å². The highest BCUT2D eigenvalue weighted by atomic mass is 19.1. The van der Waals surface area contributed by atoms with E-state index in [1.165, 1.54) is 12.4 Å². The first-order valence-corrected chi connectivity index (χ1v) is 18.0. The first kappa shape index (κ1) is 36.2. The third kappa shape index (κ3) is 7.41. The molecule has 0 spiro atoms. The van der Waals surface area contributed by atoms with Gasteiger partial charge in [0.15, 0.2) is 5.65 Å². The predicted octanol–water partition coefficient (Wildman–Crippen LogP) is 6.67. The van der Waals surface area contributed by atoms with E-state index in [0.717, 1.165) is 38.8 Å². The number of benzene rings is 2. The number of para-hydroxylation sites is 1. The number of carbonyl (C=O) groups is 1. The number of rotatable bonds is 10. The number of nitrogens with two attached hydrogens (primary N) is 1. The minimum atomic E-state index is -1.16. The Morgan fingerprint density at radius 3 is 2.45 bits per heavy atom. The zero-order valence-electron chi connectivity index (χ0n) is 30.6. The lowest BCUT2D eigenvalue weighted by Gasteiger charge is -2.49. The van der Waals surface area contributed by atoms with Gasteiger partial charge in [0.1, 0.15) is 40.6 Å². The largest absolute Gasteiger partial charge is 0.457 e. The Morgan fingerprint density at radius 1 is 1.04 bits per heavy atom. The molecule has 6 rings (SSSR count). The van der Waals surface area contributed by atoms with E-state index in [1.807, 2.05) is 18.2 Å². The van der Waals surface area contributed by atoms with Gasteiger partial charge in [-0.2, -0.15) is 10.4 Å². The molecule has 12 heteroatoms. The molecule has 4 heterocycles. The maximum atomic E-state index is 15.7. The number of hydrogen-bond donors (Lipinski definition) is 1. The molecule has 0 radical (unpaired) electrons. The minimum Gasteiger partial charge on any atom is -0.457 e. The molecule has 51 heavy (non-hydrogen) atoms. The van der Waals surface area contributed by atoms with Gasteiger partial charge in [-0.3, -0.25) is 14.6 Å². The Hall–Kier alpha value is -4.60. The number of anilines is 1. The Morgan fingerprint density at radius 2 is 1.76 bits per heavy atom. The third-order valence-corrected chi connectivity index (χ3v) is 11.1. The molecule has 0 saturated carbocycles. The van der Waals surface area contributed by atoms with E-state index in [4.69, 9.17) is 15.6 Å². The highest BCUT2D eigenvalue weighted by Crippen LogP contribution is 2.38. The van der Waals surface area contributed by atoms with E-state index in [0.29, 0.717) is 59.8 Å². The summed E-state index contributed by atoms with van der Waals surface area (Å²) in [7, 11) is 2.19. The lowest BCUT2D eigenvalue weighted by molar-refractivity contribution is -0.140. The van der Waals surface area contributed by atoms with Crippen LogP contribution in [0.1, 0.15) is 72.8 Å². The van der Waals surface area contributed by atoms with Gasteiger partial charge in [0.05, 0.1) is 17.5 Å². The van der Waals surface area contributed by atoms with Crippen molar-refractivity contribution in [1.82, 2.24) is 34.4 Å². The molecule has 270 valence electrons. The van der Waals surface area contributed by atoms with Crippen LogP contribution in [0, 0.1) is 22.6 Å². The van der Waals surface area contributed by atoms with Crippen LogP contribution in [0.25, 0.3) is 22.3 Å². The summed E-state index contributed by atoms with van der Waals surface area (Å²) < 4.78 is 23.3.